The first-order valence-electron chi connectivity index (χ1n) is 7.50. The number of carbonyl (C=O) groups is 1. The summed E-state index contributed by atoms with van der Waals surface area (Å²) in [5.74, 6) is -1.02. The maximum Gasteiger partial charge on any atom is 0.335 e. The third-order valence-corrected chi connectivity index (χ3v) is 3.88. The van der Waals surface area contributed by atoms with Gasteiger partial charge in [0.25, 0.3) is 5.56 Å². The maximum absolute atomic E-state index is 12.3. The third kappa shape index (κ3) is 2.67. The second kappa shape index (κ2) is 5.72. The second-order valence-electron chi connectivity index (χ2n) is 5.50. The van der Waals surface area contributed by atoms with Gasteiger partial charge in [0.05, 0.1) is 23.0 Å². The monoisotopic (exact) mass is 332 g/mol. The van der Waals surface area contributed by atoms with Crippen LogP contribution in [0.3, 0.4) is 0 Å². The van der Waals surface area contributed by atoms with E-state index < -0.39 is 5.97 Å². The average Bonchev–Trinajstić information content (AvgIpc) is 3.11. The molecule has 25 heavy (non-hydrogen) atoms. The smallest absolute Gasteiger partial charge is 0.335 e. The second-order valence-corrected chi connectivity index (χ2v) is 5.50. The van der Waals surface area contributed by atoms with E-state index in [4.69, 9.17) is 5.11 Å². The maximum atomic E-state index is 12.3. The Morgan fingerprint density at radius 1 is 1.08 bits per heavy atom. The molecule has 4 aromatic rings. The molecule has 122 valence electrons. The van der Waals surface area contributed by atoms with Crippen molar-refractivity contribution >= 4 is 16.9 Å². The predicted octanol–water partition coefficient (Wildman–Crippen LogP) is 2.47. The highest BCUT2D eigenvalue weighted by Crippen LogP contribution is 2.19. The van der Waals surface area contributed by atoms with Crippen molar-refractivity contribution in [3.8, 4) is 16.9 Å². The van der Waals surface area contributed by atoms with Gasteiger partial charge < -0.3 is 10.1 Å². The van der Waals surface area contributed by atoms with Crippen molar-refractivity contribution in [3.05, 3.63) is 76.7 Å². The van der Waals surface area contributed by atoms with Crippen LogP contribution in [0.2, 0.25) is 0 Å². The predicted molar refractivity (Wildman–Crippen MR) is 91.9 cm³/mol. The Hall–Kier alpha value is -3.74. The molecule has 0 radical (unpaired) electrons. The molecule has 0 saturated carbocycles. The fourth-order valence-electron chi connectivity index (χ4n) is 2.63. The highest BCUT2D eigenvalue weighted by molar-refractivity contribution is 5.88. The number of H-pyrrole nitrogens is 1. The van der Waals surface area contributed by atoms with Gasteiger partial charge in [-0.25, -0.2) is 9.48 Å². The van der Waals surface area contributed by atoms with E-state index in [-0.39, 0.29) is 11.1 Å². The molecule has 2 heterocycles. The van der Waals surface area contributed by atoms with E-state index in [1.54, 1.807) is 24.4 Å². The molecule has 0 aliphatic heterocycles. The van der Waals surface area contributed by atoms with Gasteiger partial charge in [0.2, 0.25) is 0 Å². The van der Waals surface area contributed by atoms with Gasteiger partial charge >= 0.3 is 5.97 Å². The molecular weight excluding hydrogens is 320 g/mol. The lowest BCUT2D eigenvalue weighted by Gasteiger charge is -2.01. The number of nitrogens with one attached hydrogen (secondary N) is 1. The summed E-state index contributed by atoms with van der Waals surface area (Å²) in [6.45, 7) is 0. The minimum atomic E-state index is -1.02. The van der Waals surface area contributed by atoms with Gasteiger partial charge in [0.1, 0.15) is 5.69 Å². The van der Waals surface area contributed by atoms with Gasteiger partial charge in [0.15, 0.2) is 0 Å². The Morgan fingerprint density at radius 3 is 2.76 bits per heavy atom. The molecule has 0 saturated heterocycles. The highest BCUT2D eigenvalue weighted by Gasteiger charge is 2.11. The molecule has 0 amide bonds. The lowest BCUT2D eigenvalue weighted by atomic mass is 10.1. The summed E-state index contributed by atoms with van der Waals surface area (Å²) in [5.41, 5.74) is 2.00. The van der Waals surface area contributed by atoms with Crippen LogP contribution in [-0.4, -0.2) is 31.1 Å². The van der Waals surface area contributed by atoms with Crippen LogP contribution in [0.15, 0.2) is 65.6 Å². The van der Waals surface area contributed by atoms with E-state index in [1.807, 2.05) is 24.3 Å². The molecule has 2 aromatic carbocycles. The number of fused-ring (bicyclic) bond motifs is 1. The summed E-state index contributed by atoms with van der Waals surface area (Å²) in [6.07, 6.45) is 1.60. The molecule has 0 aliphatic carbocycles. The first-order chi connectivity index (χ1) is 12.1. The summed E-state index contributed by atoms with van der Waals surface area (Å²) in [4.78, 5) is 26.2. The fourth-order valence-corrected chi connectivity index (χ4v) is 2.63. The molecule has 0 spiro atoms. The van der Waals surface area contributed by atoms with E-state index in [0.717, 1.165) is 10.9 Å². The van der Waals surface area contributed by atoms with Crippen LogP contribution in [0.5, 0.6) is 0 Å². The van der Waals surface area contributed by atoms with Gasteiger partial charge in [0, 0.05) is 5.52 Å². The molecule has 2 N–H and O–H groups in total. The number of carboxylic acid groups (broad SMARTS) is 1. The number of hydrogen-bond acceptors (Lipinski definition) is 4. The van der Waals surface area contributed by atoms with Crippen molar-refractivity contribution in [1.29, 1.82) is 0 Å². The van der Waals surface area contributed by atoms with Gasteiger partial charge in [-0.3, -0.25) is 4.79 Å². The summed E-state index contributed by atoms with van der Waals surface area (Å²) < 4.78 is 1.44. The summed E-state index contributed by atoms with van der Waals surface area (Å²) in [7, 11) is 0. The highest BCUT2D eigenvalue weighted by atomic mass is 16.4. The minimum Gasteiger partial charge on any atom is -0.478 e. The van der Waals surface area contributed by atoms with Gasteiger partial charge in [-0.15, -0.1) is 5.10 Å². The zero-order valence-electron chi connectivity index (χ0n) is 12.9. The van der Waals surface area contributed by atoms with Crippen molar-refractivity contribution < 1.29 is 9.90 Å². The molecule has 7 nitrogen and oxygen atoms in total. The normalized spacial score (nSPS) is 10.9. The Labute approximate surface area is 141 Å². The SMILES string of the molecule is O=C(O)c1cccc(-n2cc(-c3cc4ccccc4[nH]c3=O)nn2)c1. The Morgan fingerprint density at radius 2 is 1.92 bits per heavy atom. The lowest BCUT2D eigenvalue weighted by molar-refractivity contribution is 0.0697. The standard InChI is InChI=1S/C18H12N4O3/c23-17-14(9-11-4-1-2-7-15(11)19-17)16-10-22(21-20-16)13-6-3-5-12(8-13)18(24)25/h1-10H,(H,19,23)(H,24,25). The number of aromatic nitrogens is 4. The molecule has 0 fully saturated rings. The van der Waals surface area contributed by atoms with Gasteiger partial charge in [-0.1, -0.05) is 29.5 Å². The minimum absolute atomic E-state index is 0.151. The zero-order valence-corrected chi connectivity index (χ0v) is 12.9. The first-order valence-corrected chi connectivity index (χ1v) is 7.50. The Bertz CT molecular complexity index is 1160. The Kier molecular flexibility index (Phi) is 3.39. The van der Waals surface area contributed by atoms with Crippen molar-refractivity contribution in [2.75, 3.05) is 0 Å². The number of pyridine rings is 1. The van der Waals surface area contributed by atoms with Crippen LogP contribution < -0.4 is 5.56 Å². The van der Waals surface area contributed by atoms with Crippen molar-refractivity contribution in [1.82, 2.24) is 20.0 Å². The van der Waals surface area contributed by atoms with E-state index in [1.165, 1.54) is 16.8 Å². The molecule has 4 rings (SSSR count). The summed E-state index contributed by atoms with van der Waals surface area (Å²) in [6, 6.07) is 15.6. The molecule has 0 aliphatic rings. The van der Waals surface area contributed by atoms with Crippen LogP contribution in [0.1, 0.15) is 10.4 Å². The number of rotatable bonds is 3. The van der Waals surface area contributed by atoms with E-state index in [0.29, 0.717) is 16.9 Å². The number of carboxylic acids is 1. The van der Waals surface area contributed by atoms with Crippen molar-refractivity contribution in [3.63, 3.8) is 0 Å². The quantitative estimate of drug-likeness (QED) is 0.600. The number of hydrogen-bond donors (Lipinski definition) is 2. The zero-order chi connectivity index (χ0) is 17.4. The number of nitrogens with zero attached hydrogens (tertiary/aromatic N) is 3. The van der Waals surface area contributed by atoms with Crippen LogP contribution in [0.4, 0.5) is 0 Å². The molecule has 0 atom stereocenters. The van der Waals surface area contributed by atoms with Gasteiger partial charge in [-0.05, 0) is 35.7 Å². The molecule has 7 heteroatoms. The largest absolute Gasteiger partial charge is 0.478 e. The molecular formula is C18H12N4O3. The molecule has 0 unspecified atom stereocenters. The van der Waals surface area contributed by atoms with Crippen LogP contribution in [-0.2, 0) is 0 Å². The fraction of sp³-hybridized carbons (Fsp3) is 0. The van der Waals surface area contributed by atoms with E-state index >= 15 is 0 Å². The number of para-hydroxylation sites is 1. The lowest BCUT2D eigenvalue weighted by Crippen LogP contribution is -2.08. The summed E-state index contributed by atoms with van der Waals surface area (Å²) >= 11 is 0. The summed E-state index contributed by atoms with van der Waals surface area (Å²) in [5, 5.41) is 18.0. The van der Waals surface area contributed by atoms with E-state index in [9.17, 15) is 9.59 Å². The topological polar surface area (TPSA) is 101 Å². The third-order valence-electron chi connectivity index (χ3n) is 3.88. The first kappa shape index (κ1) is 14.8. The Balaban J connectivity index is 1.79. The van der Waals surface area contributed by atoms with Crippen molar-refractivity contribution in [2.24, 2.45) is 0 Å². The van der Waals surface area contributed by atoms with Gasteiger partial charge in [-0.2, -0.15) is 0 Å². The van der Waals surface area contributed by atoms with Crippen molar-refractivity contribution in [2.45, 2.75) is 0 Å². The number of benzene rings is 2. The molecule has 2 aromatic heterocycles. The number of aromatic amines is 1. The average molecular weight is 332 g/mol. The van der Waals surface area contributed by atoms with Crippen LogP contribution in [0.25, 0.3) is 27.8 Å². The van der Waals surface area contributed by atoms with E-state index in [2.05, 4.69) is 15.3 Å². The number of aromatic carboxylic acids is 1. The van der Waals surface area contributed by atoms with Crippen LogP contribution >= 0.6 is 0 Å². The molecule has 0 bridgehead atoms. The van der Waals surface area contributed by atoms with Crippen LogP contribution in [0, 0.1) is 0 Å².